The number of hydrogen-bond donors (Lipinski definition) is 1. The first-order valence-corrected chi connectivity index (χ1v) is 9.77. The number of rotatable bonds is 5. The Labute approximate surface area is 138 Å². The van der Waals surface area contributed by atoms with Gasteiger partial charge in [-0.2, -0.15) is 5.10 Å². The first-order valence-electron chi connectivity index (χ1n) is 7.95. The van der Waals surface area contributed by atoms with Gasteiger partial charge in [-0.05, 0) is 26.2 Å². The van der Waals surface area contributed by atoms with Crippen molar-refractivity contribution in [3.63, 3.8) is 0 Å². The van der Waals surface area contributed by atoms with E-state index in [1.54, 1.807) is 4.68 Å². The van der Waals surface area contributed by atoms with Gasteiger partial charge in [0, 0.05) is 45.0 Å². The zero-order valence-corrected chi connectivity index (χ0v) is 15.2. The van der Waals surface area contributed by atoms with E-state index < -0.39 is 9.84 Å². The van der Waals surface area contributed by atoms with Crippen molar-refractivity contribution in [1.82, 2.24) is 20.0 Å². The maximum atomic E-state index is 11.6. The van der Waals surface area contributed by atoms with Gasteiger partial charge in [-0.1, -0.05) is 0 Å². The van der Waals surface area contributed by atoms with Gasteiger partial charge in [-0.15, -0.1) is 0 Å². The molecular formula is C15H27N5O2S. The van der Waals surface area contributed by atoms with Gasteiger partial charge in [-0.3, -0.25) is 9.67 Å². The van der Waals surface area contributed by atoms with Crippen molar-refractivity contribution in [2.24, 2.45) is 18.0 Å². The first-order chi connectivity index (χ1) is 10.7. The highest BCUT2D eigenvalue weighted by Gasteiger charge is 2.27. The van der Waals surface area contributed by atoms with Crippen molar-refractivity contribution >= 4 is 15.8 Å². The van der Waals surface area contributed by atoms with Gasteiger partial charge in [0.1, 0.15) is 0 Å². The number of aryl methyl sites for hydroxylation is 1. The van der Waals surface area contributed by atoms with Crippen LogP contribution in [0.5, 0.6) is 0 Å². The molecule has 0 bridgehead atoms. The normalized spacial score (nSPS) is 20.9. The van der Waals surface area contributed by atoms with Crippen LogP contribution in [0.25, 0.3) is 0 Å². The zero-order chi connectivity index (χ0) is 17.0. The second-order valence-electron chi connectivity index (χ2n) is 6.61. The van der Waals surface area contributed by atoms with Gasteiger partial charge in [0.15, 0.2) is 15.8 Å². The predicted molar refractivity (Wildman–Crippen MR) is 92.0 cm³/mol. The molecule has 0 radical (unpaired) electrons. The summed E-state index contributed by atoms with van der Waals surface area (Å²) < 4.78 is 24.9. The van der Waals surface area contributed by atoms with Gasteiger partial charge in [0.2, 0.25) is 0 Å². The van der Waals surface area contributed by atoms with Gasteiger partial charge >= 0.3 is 0 Å². The fraction of sp³-hybridized carbons (Fsp3) is 0.733. The van der Waals surface area contributed by atoms with Crippen LogP contribution in [-0.2, 0) is 23.4 Å². The van der Waals surface area contributed by atoms with Crippen LogP contribution in [-0.4, -0.2) is 60.2 Å². The standard InChI is InChI=1S/C15H27N5O2S/c1-12(2)18-15(16-7-13-5-6-23(21,22)11-13)19(3)9-14-8-17-20(4)10-14/h8,10,12-13H,5-7,9,11H2,1-4H3,(H,16,18). The lowest BCUT2D eigenvalue weighted by Gasteiger charge is -2.24. The molecule has 7 nitrogen and oxygen atoms in total. The molecule has 1 atom stereocenters. The van der Waals surface area contributed by atoms with E-state index in [2.05, 4.69) is 29.3 Å². The summed E-state index contributed by atoms with van der Waals surface area (Å²) in [6.45, 7) is 5.38. The number of guanidine groups is 1. The second-order valence-corrected chi connectivity index (χ2v) is 8.84. The van der Waals surface area contributed by atoms with E-state index in [1.807, 2.05) is 31.4 Å². The number of aliphatic imine (C=N–C) groups is 1. The maximum Gasteiger partial charge on any atom is 0.194 e. The monoisotopic (exact) mass is 341 g/mol. The molecule has 1 aromatic heterocycles. The average molecular weight is 341 g/mol. The molecule has 1 fully saturated rings. The topological polar surface area (TPSA) is 79.6 Å². The van der Waals surface area contributed by atoms with Crippen LogP contribution >= 0.6 is 0 Å². The minimum Gasteiger partial charge on any atom is -0.354 e. The summed E-state index contributed by atoms with van der Waals surface area (Å²) in [5.74, 6) is 1.49. The molecule has 1 saturated heterocycles. The molecule has 1 aliphatic rings. The molecule has 1 unspecified atom stereocenters. The van der Waals surface area contributed by atoms with Crippen LogP contribution in [0.3, 0.4) is 0 Å². The van der Waals surface area contributed by atoms with Crippen LogP contribution in [0.4, 0.5) is 0 Å². The summed E-state index contributed by atoms with van der Waals surface area (Å²) in [6.07, 6.45) is 4.53. The molecule has 130 valence electrons. The van der Waals surface area contributed by atoms with E-state index in [0.717, 1.165) is 11.5 Å². The first kappa shape index (κ1) is 17.8. The van der Waals surface area contributed by atoms with Gasteiger partial charge < -0.3 is 10.2 Å². The Morgan fingerprint density at radius 3 is 2.83 bits per heavy atom. The average Bonchev–Trinajstić information content (AvgIpc) is 2.99. The molecule has 0 aliphatic carbocycles. The molecule has 0 saturated carbocycles. The Bertz CT molecular complexity index is 651. The quantitative estimate of drug-likeness (QED) is 0.628. The van der Waals surface area contributed by atoms with E-state index >= 15 is 0 Å². The number of nitrogens with zero attached hydrogens (tertiary/aromatic N) is 4. The SMILES string of the molecule is CC(C)NC(=NCC1CCS(=O)(=O)C1)N(C)Cc1cnn(C)c1. The fourth-order valence-corrected chi connectivity index (χ4v) is 4.52. The number of hydrogen-bond acceptors (Lipinski definition) is 4. The lowest BCUT2D eigenvalue weighted by Crippen LogP contribution is -2.42. The molecule has 0 amide bonds. The molecular weight excluding hydrogens is 314 g/mol. The third kappa shape index (κ3) is 5.53. The van der Waals surface area contributed by atoms with E-state index in [4.69, 9.17) is 0 Å². The molecule has 0 aromatic carbocycles. The molecule has 0 spiro atoms. The fourth-order valence-electron chi connectivity index (χ4n) is 2.67. The van der Waals surface area contributed by atoms with Crippen LogP contribution in [0.1, 0.15) is 25.8 Å². The second kappa shape index (κ2) is 7.33. The van der Waals surface area contributed by atoms with E-state index in [0.29, 0.717) is 25.3 Å². The summed E-state index contributed by atoms with van der Waals surface area (Å²) in [4.78, 5) is 6.70. The molecule has 1 aliphatic heterocycles. The third-order valence-corrected chi connectivity index (χ3v) is 5.62. The van der Waals surface area contributed by atoms with E-state index in [1.165, 1.54) is 0 Å². The number of sulfone groups is 1. The highest BCUT2D eigenvalue weighted by Crippen LogP contribution is 2.18. The summed E-state index contributed by atoms with van der Waals surface area (Å²) in [6, 6.07) is 0.261. The van der Waals surface area contributed by atoms with Crippen molar-refractivity contribution in [1.29, 1.82) is 0 Å². The summed E-state index contributed by atoms with van der Waals surface area (Å²) >= 11 is 0. The molecule has 8 heteroatoms. The predicted octanol–water partition coefficient (Wildman–Crippen LogP) is 0.641. The van der Waals surface area contributed by atoms with Crippen molar-refractivity contribution in [2.75, 3.05) is 25.1 Å². The summed E-state index contributed by atoms with van der Waals surface area (Å²) in [5, 5.41) is 7.53. The van der Waals surface area contributed by atoms with Crippen molar-refractivity contribution in [3.05, 3.63) is 18.0 Å². The van der Waals surface area contributed by atoms with Crippen LogP contribution in [0, 0.1) is 5.92 Å². The Hall–Kier alpha value is -1.57. The maximum absolute atomic E-state index is 11.6. The Kier molecular flexibility index (Phi) is 5.67. The Morgan fingerprint density at radius 1 is 1.57 bits per heavy atom. The summed E-state index contributed by atoms with van der Waals surface area (Å²) in [7, 11) is 1.03. The minimum absolute atomic E-state index is 0.135. The van der Waals surface area contributed by atoms with E-state index in [9.17, 15) is 8.42 Å². The summed E-state index contributed by atoms with van der Waals surface area (Å²) in [5.41, 5.74) is 1.11. The molecule has 2 rings (SSSR count). The minimum atomic E-state index is -2.85. The van der Waals surface area contributed by atoms with Crippen molar-refractivity contribution < 1.29 is 8.42 Å². The van der Waals surface area contributed by atoms with Crippen LogP contribution < -0.4 is 5.32 Å². The molecule has 1 aromatic rings. The Morgan fingerprint density at radius 2 is 2.30 bits per heavy atom. The lowest BCUT2D eigenvalue weighted by atomic mass is 10.1. The van der Waals surface area contributed by atoms with Crippen LogP contribution in [0.15, 0.2) is 17.4 Å². The number of nitrogens with one attached hydrogen (secondary N) is 1. The van der Waals surface area contributed by atoms with Gasteiger partial charge in [0.25, 0.3) is 0 Å². The van der Waals surface area contributed by atoms with E-state index in [-0.39, 0.29) is 17.7 Å². The largest absolute Gasteiger partial charge is 0.354 e. The lowest BCUT2D eigenvalue weighted by molar-refractivity contribution is 0.462. The molecule has 2 heterocycles. The number of aromatic nitrogens is 2. The van der Waals surface area contributed by atoms with Crippen molar-refractivity contribution in [2.45, 2.75) is 32.9 Å². The van der Waals surface area contributed by atoms with Crippen LogP contribution in [0.2, 0.25) is 0 Å². The van der Waals surface area contributed by atoms with Gasteiger partial charge in [-0.25, -0.2) is 8.42 Å². The van der Waals surface area contributed by atoms with Gasteiger partial charge in [0.05, 0.1) is 17.7 Å². The third-order valence-electron chi connectivity index (χ3n) is 3.78. The zero-order valence-electron chi connectivity index (χ0n) is 14.4. The highest BCUT2D eigenvalue weighted by molar-refractivity contribution is 7.91. The smallest absolute Gasteiger partial charge is 0.194 e. The molecule has 1 N–H and O–H groups in total. The molecule has 23 heavy (non-hydrogen) atoms. The Balaban J connectivity index is 2.01. The highest BCUT2D eigenvalue weighted by atomic mass is 32.2. The van der Waals surface area contributed by atoms with Crippen molar-refractivity contribution in [3.8, 4) is 0 Å².